The molecule has 1 atom stereocenters. The van der Waals surface area contributed by atoms with Crippen molar-refractivity contribution in [2.75, 3.05) is 0 Å². The van der Waals surface area contributed by atoms with Gasteiger partial charge in [0.2, 0.25) is 0 Å². The van der Waals surface area contributed by atoms with Gasteiger partial charge in [-0.15, -0.1) is 0 Å². The van der Waals surface area contributed by atoms with E-state index in [9.17, 15) is 0 Å². The quantitative estimate of drug-likeness (QED) is 0.589. The summed E-state index contributed by atoms with van der Waals surface area (Å²) in [4.78, 5) is 0. The molecule has 0 aliphatic heterocycles. The van der Waals surface area contributed by atoms with Crippen molar-refractivity contribution in [1.29, 1.82) is 0 Å². The van der Waals surface area contributed by atoms with E-state index in [1.165, 1.54) is 57.8 Å². The van der Waals surface area contributed by atoms with Crippen molar-refractivity contribution < 1.29 is 0 Å². The van der Waals surface area contributed by atoms with Crippen LogP contribution in [0.25, 0.3) is 0 Å². The number of allylic oxidation sites excluding steroid dienone is 8. The van der Waals surface area contributed by atoms with Crippen molar-refractivity contribution in [2.45, 2.75) is 57.8 Å². The zero-order chi connectivity index (χ0) is 11.9. The van der Waals surface area contributed by atoms with Crippen LogP contribution >= 0.6 is 0 Å². The maximum Gasteiger partial charge on any atom is 0.00569 e. The topological polar surface area (TPSA) is 0 Å². The molecule has 0 amide bonds. The Morgan fingerprint density at radius 3 is 2.33 bits per heavy atom. The molecule has 0 bridgehead atoms. The second-order valence-corrected chi connectivity index (χ2v) is 6.21. The summed E-state index contributed by atoms with van der Waals surface area (Å²) in [5, 5.41) is 0. The number of hydrogen-bond donors (Lipinski definition) is 0. The summed E-state index contributed by atoms with van der Waals surface area (Å²) in [6.07, 6.45) is 19.7. The Bertz CT molecular complexity index is 496. The minimum absolute atomic E-state index is 0.807. The first-order valence-corrected chi connectivity index (χ1v) is 7.74. The zero-order valence-corrected chi connectivity index (χ0v) is 11.2. The van der Waals surface area contributed by atoms with E-state index in [0.717, 1.165) is 5.92 Å². The normalized spacial score (nSPS) is 30.7. The molecule has 0 N–H and O–H groups in total. The Hall–Kier alpha value is -1.04. The second-order valence-electron chi connectivity index (χ2n) is 6.21. The molecule has 0 heteroatoms. The number of hydrogen-bond acceptors (Lipinski definition) is 0. The van der Waals surface area contributed by atoms with Crippen molar-refractivity contribution in [3.63, 3.8) is 0 Å². The maximum atomic E-state index is 2.53. The molecule has 0 fully saturated rings. The summed E-state index contributed by atoms with van der Waals surface area (Å²) >= 11 is 0. The third-order valence-corrected chi connectivity index (χ3v) is 5.06. The van der Waals surface area contributed by atoms with E-state index in [0.29, 0.717) is 0 Å². The Labute approximate surface area is 110 Å². The van der Waals surface area contributed by atoms with E-state index in [1.54, 1.807) is 27.9 Å². The van der Waals surface area contributed by atoms with Gasteiger partial charge in [-0.1, -0.05) is 23.8 Å². The van der Waals surface area contributed by atoms with Crippen molar-refractivity contribution in [1.82, 2.24) is 0 Å². The van der Waals surface area contributed by atoms with Crippen LogP contribution in [0.4, 0.5) is 0 Å². The van der Waals surface area contributed by atoms with Gasteiger partial charge in [0, 0.05) is 5.92 Å². The molecule has 0 nitrogen and oxygen atoms in total. The molecular formula is C18H22. The Kier molecular flexibility index (Phi) is 2.57. The molecule has 0 heterocycles. The van der Waals surface area contributed by atoms with E-state index in [-0.39, 0.29) is 0 Å². The molecule has 1 unspecified atom stereocenters. The van der Waals surface area contributed by atoms with E-state index >= 15 is 0 Å². The van der Waals surface area contributed by atoms with Gasteiger partial charge in [0.1, 0.15) is 0 Å². The van der Waals surface area contributed by atoms with Gasteiger partial charge in [0.25, 0.3) is 0 Å². The van der Waals surface area contributed by atoms with Gasteiger partial charge in [0.15, 0.2) is 0 Å². The van der Waals surface area contributed by atoms with Crippen LogP contribution in [0.15, 0.2) is 46.1 Å². The monoisotopic (exact) mass is 238 g/mol. The van der Waals surface area contributed by atoms with Crippen molar-refractivity contribution in [3.05, 3.63) is 46.1 Å². The highest BCUT2D eigenvalue weighted by Crippen LogP contribution is 2.49. The van der Waals surface area contributed by atoms with E-state index in [2.05, 4.69) is 18.2 Å². The van der Waals surface area contributed by atoms with Gasteiger partial charge in [-0.05, 0) is 80.1 Å². The van der Waals surface area contributed by atoms with Crippen LogP contribution in [0, 0.1) is 5.92 Å². The predicted molar refractivity (Wildman–Crippen MR) is 76.3 cm³/mol. The summed E-state index contributed by atoms with van der Waals surface area (Å²) in [7, 11) is 0. The molecule has 0 saturated carbocycles. The Morgan fingerprint density at radius 2 is 1.72 bits per heavy atom. The van der Waals surface area contributed by atoms with Gasteiger partial charge >= 0.3 is 0 Å². The predicted octanol–water partition coefficient (Wildman–Crippen LogP) is 5.24. The first-order valence-electron chi connectivity index (χ1n) is 7.74. The van der Waals surface area contributed by atoms with E-state index in [1.807, 2.05) is 0 Å². The summed E-state index contributed by atoms with van der Waals surface area (Å²) in [6.45, 7) is 0. The highest BCUT2D eigenvalue weighted by molar-refractivity contribution is 5.54. The molecule has 94 valence electrons. The highest BCUT2D eigenvalue weighted by atomic mass is 14.4. The molecule has 18 heavy (non-hydrogen) atoms. The van der Waals surface area contributed by atoms with Crippen LogP contribution in [0.5, 0.6) is 0 Å². The van der Waals surface area contributed by atoms with E-state index in [4.69, 9.17) is 0 Å². The molecule has 4 rings (SSSR count). The first-order chi connectivity index (χ1) is 8.93. The fraction of sp³-hybridized carbons (Fsp3) is 0.556. The lowest BCUT2D eigenvalue weighted by Crippen LogP contribution is -2.17. The third kappa shape index (κ3) is 1.74. The lowest BCUT2D eigenvalue weighted by atomic mass is 9.72. The van der Waals surface area contributed by atoms with Crippen LogP contribution in [0.1, 0.15) is 57.8 Å². The average molecular weight is 238 g/mol. The summed E-state index contributed by atoms with van der Waals surface area (Å²) in [6, 6.07) is 0. The van der Waals surface area contributed by atoms with Crippen LogP contribution in [0.3, 0.4) is 0 Å². The van der Waals surface area contributed by atoms with Gasteiger partial charge in [-0.3, -0.25) is 0 Å². The van der Waals surface area contributed by atoms with E-state index < -0.39 is 0 Å². The van der Waals surface area contributed by atoms with Gasteiger partial charge in [-0.2, -0.15) is 0 Å². The Morgan fingerprint density at radius 1 is 0.833 bits per heavy atom. The molecule has 0 saturated heterocycles. The molecule has 0 spiro atoms. The Balaban J connectivity index is 1.78. The standard InChI is InChI=1S/C18H22/c1-2-6-13(5-1)16-9-4-10-17(14-11-12-14)18(16)15-7-3-8-15/h5,7,11,17H,1-4,6,8-10,12H2. The summed E-state index contributed by atoms with van der Waals surface area (Å²) < 4.78 is 0. The molecule has 0 aromatic carbocycles. The van der Waals surface area contributed by atoms with Crippen molar-refractivity contribution in [3.8, 4) is 0 Å². The molecular weight excluding hydrogens is 216 g/mol. The SMILES string of the molecule is C1=C(C2=C(C3=CCC3)C(C3=CC3)CCC2)CCC1. The van der Waals surface area contributed by atoms with Crippen LogP contribution in [-0.2, 0) is 0 Å². The zero-order valence-electron chi connectivity index (χ0n) is 11.2. The maximum absolute atomic E-state index is 2.53. The first kappa shape index (κ1) is 10.8. The largest absolute Gasteiger partial charge is 0.0810 e. The lowest BCUT2D eigenvalue weighted by Gasteiger charge is -2.33. The van der Waals surface area contributed by atoms with Crippen molar-refractivity contribution >= 4 is 0 Å². The minimum Gasteiger partial charge on any atom is -0.0810 e. The third-order valence-electron chi connectivity index (χ3n) is 5.06. The highest BCUT2D eigenvalue weighted by Gasteiger charge is 2.33. The van der Waals surface area contributed by atoms with Crippen LogP contribution < -0.4 is 0 Å². The molecule has 4 aliphatic carbocycles. The smallest absolute Gasteiger partial charge is 0.00569 e. The lowest BCUT2D eigenvalue weighted by molar-refractivity contribution is 0.561. The summed E-state index contributed by atoms with van der Waals surface area (Å²) in [5.74, 6) is 0.807. The van der Waals surface area contributed by atoms with Crippen LogP contribution in [-0.4, -0.2) is 0 Å². The van der Waals surface area contributed by atoms with Gasteiger partial charge in [-0.25, -0.2) is 0 Å². The fourth-order valence-electron chi connectivity index (χ4n) is 3.92. The molecule has 0 radical (unpaired) electrons. The summed E-state index contributed by atoms with van der Waals surface area (Å²) in [5.41, 5.74) is 8.71. The van der Waals surface area contributed by atoms with Crippen molar-refractivity contribution in [2.24, 2.45) is 5.92 Å². The molecule has 4 aliphatic rings. The molecule has 0 aromatic rings. The average Bonchev–Trinajstić information content (AvgIpc) is 3.02. The molecule has 0 aromatic heterocycles. The minimum atomic E-state index is 0.807. The second kappa shape index (κ2) is 4.26. The van der Waals surface area contributed by atoms with Gasteiger partial charge < -0.3 is 0 Å². The fourth-order valence-corrected chi connectivity index (χ4v) is 3.92. The number of rotatable bonds is 3. The van der Waals surface area contributed by atoms with Gasteiger partial charge in [0.05, 0.1) is 0 Å². The van der Waals surface area contributed by atoms with Crippen LogP contribution in [0.2, 0.25) is 0 Å².